The van der Waals surface area contributed by atoms with Crippen LogP contribution in [0.1, 0.15) is 41.9 Å². The molecule has 6 nitrogen and oxygen atoms in total. The van der Waals surface area contributed by atoms with Crippen molar-refractivity contribution < 1.29 is 26.7 Å². The highest BCUT2D eigenvalue weighted by atomic mass is 19.4. The summed E-state index contributed by atoms with van der Waals surface area (Å²) in [6.45, 7) is 0. The molecule has 2 aromatic rings. The monoisotopic (exact) mass is 401 g/mol. The Morgan fingerprint density at radius 2 is 1.93 bits per heavy atom. The second-order valence-electron chi connectivity index (χ2n) is 7.64. The molecule has 0 radical (unpaired) electrons. The van der Waals surface area contributed by atoms with E-state index in [-0.39, 0.29) is 30.4 Å². The Labute approximate surface area is 156 Å². The number of imidazole rings is 1. The molecule has 28 heavy (non-hydrogen) atoms. The largest absolute Gasteiger partial charge is 0.433 e. The summed E-state index contributed by atoms with van der Waals surface area (Å²) in [6, 6.07) is 0.231. The Hall–Kier alpha value is -2.59. The molecule has 1 amide bonds. The number of nitrogens with one attached hydrogen (secondary N) is 1. The van der Waals surface area contributed by atoms with Gasteiger partial charge in [0.25, 0.3) is 5.91 Å². The van der Waals surface area contributed by atoms with Gasteiger partial charge in [-0.15, -0.1) is 0 Å². The van der Waals surface area contributed by atoms with Crippen LogP contribution in [0.2, 0.25) is 0 Å². The van der Waals surface area contributed by atoms with Crippen molar-refractivity contribution in [2.45, 2.75) is 43.8 Å². The van der Waals surface area contributed by atoms with E-state index in [2.05, 4.69) is 20.3 Å². The van der Waals surface area contributed by atoms with Crippen LogP contribution < -0.4 is 5.32 Å². The summed E-state index contributed by atoms with van der Waals surface area (Å²) in [5.74, 6) is -3.72. The van der Waals surface area contributed by atoms with E-state index in [1.165, 1.54) is 17.1 Å². The minimum Gasteiger partial charge on any atom is -0.348 e. The zero-order valence-corrected chi connectivity index (χ0v) is 14.7. The zero-order valence-electron chi connectivity index (χ0n) is 14.7. The lowest BCUT2D eigenvalue weighted by molar-refractivity contribution is -0.197. The second kappa shape index (κ2) is 5.95. The first-order valence-electron chi connectivity index (χ1n) is 8.58. The minimum absolute atomic E-state index is 0.206. The fourth-order valence-electron chi connectivity index (χ4n) is 4.08. The van der Waals surface area contributed by atoms with Gasteiger partial charge in [0.1, 0.15) is 17.1 Å². The Morgan fingerprint density at radius 1 is 1.25 bits per heavy atom. The van der Waals surface area contributed by atoms with Crippen LogP contribution in [0.15, 0.2) is 18.6 Å². The van der Waals surface area contributed by atoms with Crippen LogP contribution in [-0.4, -0.2) is 37.4 Å². The fourth-order valence-corrected chi connectivity index (χ4v) is 4.08. The van der Waals surface area contributed by atoms with Crippen LogP contribution >= 0.6 is 0 Å². The van der Waals surface area contributed by atoms with Crippen molar-refractivity contribution in [3.63, 3.8) is 0 Å². The van der Waals surface area contributed by atoms with E-state index in [1.54, 1.807) is 7.05 Å². The predicted molar refractivity (Wildman–Crippen MR) is 86.3 cm³/mol. The summed E-state index contributed by atoms with van der Waals surface area (Å²) in [4.78, 5) is 23.7. The van der Waals surface area contributed by atoms with Crippen LogP contribution in [0, 0.1) is 5.41 Å². The SMILES string of the molecule is Cn1cncc1-c1nc(C(=O)NC2CC3(C2)CC(F)(F)C3)cc(C(F)(F)F)n1. The molecule has 1 spiro atoms. The molecule has 4 rings (SSSR count). The summed E-state index contributed by atoms with van der Waals surface area (Å²) >= 11 is 0. The third kappa shape index (κ3) is 3.33. The molecule has 2 saturated carbocycles. The number of nitrogens with zero attached hydrogens (tertiary/aromatic N) is 4. The Balaban J connectivity index is 1.54. The van der Waals surface area contributed by atoms with Gasteiger partial charge in [0, 0.05) is 32.0 Å². The first kappa shape index (κ1) is 18.8. The van der Waals surface area contributed by atoms with Gasteiger partial charge in [-0.1, -0.05) is 0 Å². The van der Waals surface area contributed by atoms with Gasteiger partial charge >= 0.3 is 6.18 Å². The summed E-state index contributed by atoms with van der Waals surface area (Å²) in [6.07, 6.45) is -1.72. The van der Waals surface area contributed by atoms with E-state index in [9.17, 15) is 26.7 Å². The summed E-state index contributed by atoms with van der Waals surface area (Å²) in [5, 5.41) is 2.59. The Kier molecular flexibility index (Phi) is 3.99. The summed E-state index contributed by atoms with van der Waals surface area (Å²) < 4.78 is 67.2. The average Bonchev–Trinajstić information content (AvgIpc) is 2.96. The molecule has 0 aromatic carbocycles. The fraction of sp³-hybridized carbons (Fsp3) is 0.529. The standard InChI is InChI=1S/C17H16F5N5O/c1-27-8-23-5-11(27)13-25-10(2-12(26-13)17(20,21)22)14(28)24-9-3-15(4-9)6-16(18,19)7-15/h2,5,8-9H,3-4,6-7H2,1H3,(H,24,28). The zero-order chi connectivity index (χ0) is 20.3. The molecule has 0 atom stereocenters. The molecule has 0 saturated heterocycles. The molecule has 2 aliphatic rings. The molecule has 0 unspecified atom stereocenters. The van der Waals surface area contributed by atoms with Gasteiger partial charge in [-0.05, 0) is 18.3 Å². The summed E-state index contributed by atoms with van der Waals surface area (Å²) in [5.41, 5.74) is -1.91. The van der Waals surface area contributed by atoms with Gasteiger partial charge in [-0.3, -0.25) is 4.79 Å². The Morgan fingerprint density at radius 3 is 2.46 bits per heavy atom. The maximum atomic E-state index is 13.2. The van der Waals surface area contributed by atoms with Crippen molar-refractivity contribution in [2.75, 3.05) is 0 Å². The van der Waals surface area contributed by atoms with E-state index in [1.807, 2.05) is 0 Å². The first-order valence-corrected chi connectivity index (χ1v) is 8.58. The molecule has 2 heterocycles. The number of hydrogen-bond acceptors (Lipinski definition) is 4. The molecule has 2 aliphatic carbocycles. The molecule has 0 bridgehead atoms. The number of alkyl halides is 5. The van der Waals surface area contributed by atoms with E-state index >= 15 is 0 Å². The number of amides is 1. The van der Waals surface area contributed by atoms with Crippen molar-refractivity contribution in [3.05, 3.63) is 30.0 Å². The smallest absolute Gasteiger partial charge is 0.348 e. The third-order valence-corrected chi connectivity index (χ3v) is 5.26. The number of rotatable bonds is 3. The molecule has 1 N–H and O–H groups in total. The lowest BCUT2D eigenvalue weighted by atomic mass is 9.52. The van der Waals surface area contributed by atoms with Gasteiger partial charge in [-0.2, -0.15) is 13.2 Å². The van der Waals surface area contributed by atoms with Crippen molar-refractivity contribution in [3.8, 4) is 11.5 Å². The molecule has 2 fully saturated rings. The van der Waals surface area contributed by atoms with Gasteiger partial charge < -0.3 is 9.88 Å². The predicted octanol–water partition coefficient (Wildman–Crippen LogP) is 3.20. The number of aryl methyl sites for hydroxylation is 1. The minimum atomic E-state index is -4.76. The van der Waals surface area contributed by atoms with E-state index < -0.39 is 34.8 Å². The highest BCUT2D eigenvalue weighted by Crippen LogP contribution is 2.62. The maximum absolute atomic E-state index is 13.2. The number of carbonyl (C=O) groups excluding carboxylic acids is 1. The van der Waals surface area contributed by atoms with Crippen molar-refractivity contribution in [1.82, 2.24) is 24.8 Å². The topological polar surface area (TPSA) is 72.7 Å². The highest BCUT2D eigenvalue weighted by Gasteiger charge is 2.62. The quantitative estimate of drug-likeness (QED) is 0.802. The van der Waals surface area contributed by atoms with E-state index in [4.69, 9.17) is 0 Å². The van der Waals surface area contributed by atoms with Crippen LogP contribution in [-0.2, 0) is 13.2 Å². The van der Waals surface area contributed by atoms with Crippen LogP contribution in [0.3, 0.4) is 0 Å². The number of hydrogen-bond donors (Lipinski definition) is 1. The summed E-state index contributed by atoms with van der Waals surface area (Å²) in [7, 11) is 1.56. The van der Waals surface area contributed by atoms with Gasteiger partial charge in [0.15, 0.2) is 5.82 Å². The lowest BCUT2D eigenvalue weighted by Gasteiger charge is -2.57. The Bertz CT molecular complexity index is 922. The van der Waals surface area contributed by atoms with Crippen LogP contribution in [0.4, 0.5) is 22.0 Å². The van der Waals surface area contributed by atoms with Crippen LogP contribution in [0.25, 0.3) is 11.5 Å². The molecular weight excluding hydrogens is 385 g/mol. The second-order valence-corrected chi connectivity index (χ2v) is 7.64. The van der Waals surface area contributed by atoms with Gasteiger partial charge in [0.2, 0.25) is 5.92 Å². The van der Waals surface area contributed by atoms with Crippen LogP contribution in [0.5, 0.6) is 0 Å². The first-order chi connectivity index (χ1) is 13.0. The van der Waals surface area contributed by atoms with E-state index in [0.29, 0.717) is 18.9 Å². The van der Waals surface area contributed by atoms with Crippen molar-refractivity contribution in [2.24, 2.45) is 12.5 Å². The third-order valence-electron chi connectivity index (χ3n) is 5.26. The average molecular weight is 401 g/mol. The number of carbonyl (C=O) groups is 1. The van der Waals surface area contributed by atoms with Gasteiger partial charge in [0.05, 0.1) is 12.5 Å². The number of halogens is 5. The number of aromatic nitrogens is 4. The normalized spacial score (nSPS) is 20.5. The van der Waals surface area contributed by atoms with Crippen molar-refractivity contribution in [1.29, 1.82) is 0 Å². The molecule has 150 valence electrons. The lowest BCUT2D eigenvalue weighted by Crippen LogP contribution is -2.59. The molecular formula is C17H16F5N5O. The maximum Gasteiger partial charge on any atom is 0.433 e. The van der Waals surface area contributed by atoms with E-state index in [0.717, 1.165) is 0 Å². The highest BCUT2D eigenvalue weighted by molar-refractivity contribution is 5.93. The molecule has 11 heteroatoms. The molecule has 2 aromatic heterocycles. The van der Waals surface area contributed by atoms with Gasteiger partial charge in [-0.25, -0.2) is 23.7 Å². The van der Waals surface area contributed by atoms with Crippen molar-refractivity contribution >= 4 is 5.91 Å². The molecule has 0 aliphatic heterocycles.